The second kappa shape index (κ2) is 10.3. The zero-order valence-corrected chi connectivity index (χ0v) is 16.3. The highest BCUT2D eigenvalue weighted by Crippen LogP contribution is 2.30. The maximum absolute atomic E-state index is 12.3. The van der Waals surface area contributed by atoms with Crippen LogP contribution in [0.15, 0.2) is 42.5 Å². The average molecular weight is 387 g/mol. The Labute approximate surface area is 164 Å². The summed E-state index contributed by atoms with van der Waals surface area (Å²) in [5.74, 6) is 1.05. The van der Waals surface area contributed by atoms with Gasteiger partial charge < -0.3 is 14.8 Å². The van der Waals surface area contributed by atoms with E-state index in [-0.39, 0.29) is 18.1 Å². The highest BCUT2D eigenvalue weighted by molar-refractivity contribution is 5.92. The number of nitrogens with zero attached hydrogens (tertiary/aromatic N) is 2. The van der Waals surface area contributed by atoms with Gasteiger partial charge in [-0.1, -0.05) is 12.1 Å². The van der Waals surface area contributed by atoms with Gasteiger partial charge in [0.05, 0.1) is 24.7 Å². The first-order chi connectivity index (χ1) is 13.4. The van der Waals surface area contributed by atoms with Crippen molar-refractivity contribution < 1.29 is 19.2 Å². The molecule has 0 heterocycles. The van der Waals surface area contributed by atoms with Gasteiger partial charge in [0, 0.05) is 30.4 Å². The molecule has 0 radical (unpaired) electrons. The number of nitro groups is 1. The van der Waals surface area contributed by atoms with Crippen LogP contribution in [0.25, 0.3) is 0 Å². The van der Waals surface area contributed by atoms with Crippen molar-refractivity contribution in [3.8, 4) is 11.5 Å². The van der Waals surface area contributed by atoms with Crippen molar-refractivity contribution in [3.63, 3.8) is 0 Å². The maximum atomic E-state index is 12.3. The third-order valence-electron chi connectivity index (χ3n) is 3.84. The van der Waals surface area contributed by atoms with Gasteiger partial charge in [-0.3, -0.25) is 19.8 Å². The molecular formula is C20H25N3O5. The number of nitrogens with one attached hydrogen (secondary N) is 1. The number of hydrogen-bond donors (Lipinski definition) is 1. The molecule has 28 heavy (non-hydrogen) atoms. The van der Waals surface area contributed by atoms with E-state index < -0.39 is 4.92 Å². The largest absolute Gasteiger partial charge is 0.490 e. The molecule has 150 valence electrons. The van der Waals surface area contributed by atoms with Gasteiger partial charge >= 0.3 is 0 Å². The lowest BCUT2D eigenvalue weighted by molar-refractivity contribution is -0.384. The Morgan fingerprint density at radius 2 is 1.71 bits per heavy atom. The van der Waals surface area contributed by atoms with Crippen LogP contribution in [-0.2, 0) is 11.3 Å². The number of carbonyl (C=O) groups excluding carboxylic acids is 1. The molecule has 0 aromatic heterocycles. The van der Waals surface area contributed by atoms with Crippen molar-refractivity contribution in [2.24, 2.45) is 0 Å². The predicted molar refractivity (Wildman–Crippen MR) is 107 cm³/mol. The minimum Gasteiger partial charge on any atom is -0.490 e. The van der Waals surface area contributed by atoms with E-state index in [2.05, 4.69) is 5.32 Å². The third-order valence-corrected chi connectivity index (χ3v) is 3.84. The molecule has 0 aliphatic carbocycles. The van der Waals surface area contributed by atoms with Gasteiger partial charge in [0.25, 0.3) is 5.69 Å². The topological polar surface area (TPSA) is 93.9 Å². The van der Waals surface area contributed by atoms with Crippen molar-refractivity contribution in [2.75, 3.05) is 32.1 Å². The molecule has 0 aliphatic heterocycles. The van der Waals surface area contributed by atoms with E-state index >= 15 is 0 Å². The van der Waals surface area contributed by atoms with Crippen LogP contribution >= 0.6 is 0 Å². The second-order valence-electron chi connectivity index (χ2n) is 6.17. The molecule has 0 atom stereocenters. The minimum absolute atomic E-state index is 0.0461. The molecule has 0 spiro atoms. The fourth-order valence-electron chi connectivity index (χ4n) is 2.67. The number of nitro benzene ring substituents is 1. The molecule has 1 amide bonds. The monoisotopic (exact) mass is 387 g/mol. The lowest BCUT2D eigenvalue weighted by atomic mass is 10.2. The first kappa shape index (κ1) is 21.2. The SMILES string of the molecule is CCOc1ccc(NC(=O)CN(C)Cc2ccc([N+](=O)[O-])cc2)cc1OCC. The number of carbonyl (C=O) groups is 1. The minimum atomic E-state index is -0.436. The number of hydrogen-bond acceptors (Lipinski definition) is 6. The number of benzene rings is 2. The predicted octanol–water partition coefficient (Wildman–Crippen LogP) is 3.46. The number of anilines is 1. The summed E-state index contributed by atoms with van der Waals surface area (Å²) in [6, 6.07) is 11.6. The molecule has 2 rings (SSSR count). The lowest BCUT2D eigenvalue weighted by Gasteiger charge is -2.17. The van der Waals surface area contributed by atoms with Gasteiger partial charge in [0.1, 0.15) is 0 Å². The van der Waals surface area contributed by atoms with Crippen LogP contribution in [0.3, 0.4) is 0 Å². The van der Waals surface area contributed by atoms with Gasteiger partial charge in [0.15, 0.2) is 11.5 Å². The van der Waals surface area contributed by atoms with E-state index in [0.717, 1.165) is 5.56 Å². The Balaban J connectivity index is 1.93. The smallest absolute Gasteiger partial charge is 0.269 e. The summed E-state index contributed by atoms with van der Waals surface area (Å²) in [6.45, 7) is 5.47. The van der Waals surface area contributed by atoms with Crippen molar-refractivity contribution >= 4 is 17.3 Å². The quantitative estimate of drug-likeness (QED) is 0.496. The summed E-state index contributed by atoms with van der Waals surface area (Å²) >= 11 is 0. The first-order valence-corrected chi connectivity index (χ1v) is 9.04. The molecule has 0 aliphatic rings. The molecule has 0 fully saturated rings. The Bertz CT molecular complexity index is 808. The molecule has 0 saturated heterocycles. The van der Waals surface area contributed by atoms with E-state index in [1.165, 1.54) is 12.1 Å². The molecule has 0 unspecified atom stereocenters. The van der Waals surface area contributed by atoms with Crippen molar-refractivity contribution in [3.05, 3.63) is 58.1 Å². The van der Waals surface area contributed by atoms with Crippen molar-refractivity contribution in [2.45, 2.75) is 20.4 Å². The lowest BCUT2D eigenvalue weighted by Crippen LogP contribution is -2.29. The molecule has 2 aromatic rings. The van der Waals surface area contributed by atoms with Crippen molar-refractivity contribution in [1.29, 1.82) is 0 Å². The van der Waals surface area contributed by atoms with E-state index in [4.69, 9.17) is 9.47 Å². The molecule has 2 aromatic carbocycles. The van der Waals surface area contributed by atoms with E-state index in [1.807, 2.05) is 25.8 Å². The number of non-ortho nitro benzene ring substituents is 1. The van der Waals surface area contributed by atoms with Gasteiger partial charge in [-0.15, -0.1) is 0 Å². The Hall–Kier alpha value is -3.13. The van der Waals surface area contributed by atoms with Gasteiger partial charge in [0.2, 0.25) is 5.91 Å². The highest BCUT2D eigenvalue weighted by Gasteiger charge is 2.11. The summed E-state index contributed by atoms with van der Waals surface area (Å²) in [4.78, 5) is 24.4. The van der Waals surface area contributed by atoms with Crippen LogP contribution in [0.4, 0.5) is 11.4 Å². The molecule has 0 saturated carbocycles. The summed E-state index contributed by atoms with van der Waals surface area (Å²) < 4.78 is 11.1. The van der Waals surface area contributed by atoms with Gasteiger partial charge in [-0.25, -0.2) is 0 Å². The van der Waals surface area contributed by atoms with E-state index in [1.54, 1.807) is 30.3 Å². The molecule has 8 nitrogen and oxygen atoms in total. The van der Waals surface area contributed by atoms with Crippen LogP contribution in [0.5, 0.6) is 11.5 Å². The van der Waals surface area contributed by atoms with E-state index in [9.17, 15) is 14.9 Å². The standard InChI is InChI=1S/C20H25N3O5/c1-4-27-18-11-8-16(12-19(18)28-5-2)21-20(24)14-22(3)13-15-6-9-17(10-7-15)23(25)26/h6-12H,4-5,13-14H2,1-3H3,(H,21,24). The van der Waals surface area contributed by atoms with Crippen LogP contribution in [-0.4, -0.2) is 42.5 Å². The second-order valence-corrected chi connectivity index (χ2v) is 6.17. The van der Waals surface area contributed by atoms with Crippen molar-refractivity contribution in [1.82, 2.24) is 4.90 Å². The average Bonchev–Trinajstić information content (AvgIpc) is 2.64. The fourth-order valence-corrected chi connectivity index (χ4v) is 2.67. The summed E-state index contributed by atoms with van der Waals surface area (Å²) in [6.07, 6.45) is 0. The molecule has 8 heteroatoms. The first-order valence-electron chi connectivity index (χ1n) is 9.04. The Morgan fingerprint density at radius 3 is 2.32 bits per heavy atom. The number of amides is 1. The number of ether oxygens (including phenoxy) is 2. The molecule has 0 bridgehead atoms. The number of rotatable bonds is 10. The van der Waals surface area contributed by atoms with Crippen LogP contribution in [0.2, 0.25) is 0 Å². The van der Waals surface area contributed by atoms with Crippen LogP contribution in [0.1, 0.15) is 19.4 Å². The van der Waals surface area contributed by atoms with Crippen LogP contribution in [0, 0.1) is 10.1 Å². The zero-order valence-electron chi connectivity index (χ0n) is 16.3. The summed E-state index contributed by atoms with van der Waals surface area (Å²) in [5, 5.41) is 13.5. The van der Waals surface area contributed by atoms with Gasteiger partial charge in [-0.05, 0) is 38.6 Å². The third kappa shape index (κ3) is 6.24. The highest BCUT2D eigenvalue weighted by atomic mass is 16.6. The number of likely N-dealkylation sites (N-methyl/N-ethyl adjacent to an activating group) is 1. The molecule has 1 N–H and O–H groups in total. The normalized spacial score (nSPS) is 10.6. The Kier molecular flexibility index (Phi) is 7.76. The zero-order chi connectivity index (χ0) is 20.5. The maximum Gasteiger partial charge on any atom is 0.269 e. The summed E-state index contributed by atoms with van der Waals surface area (Å²) in [5.41, 5.74) is 1.56. The van der Waals surface area contributed by atoms with Crippen LogP contribution < -0.4 is 14.8 Å². The molecular weight excluding hydrogens is 362 g/mol. The Morgan fingerprint density at radius 1 is 1.07 bits per heavy atom. The summed E-state index contributed by atoms with van der Waals surface area (Å²) in [7, 11) is 1.81. The van der Waals surface area contributed by atoms with E-state index in [0.29, 0.717) is 36.9 Å². The van der Waals surface area contributed by atoms with Gasteiger partial charge in [-0.2, -0.15) is 0 Å². The fraction of sp³-hybridized carbons (Fsp3) is 0.350.